The van der Waals surface area contributed by atoms with Gasteiger partial charge in [0.05, 0.1) is 17.4 Å². The van der Waals surface area contributed by atoms with E-state index in [-0.39, 0.29) is 5.56 Å². The van der Waals surface area contributed by atoms with Crippen LogP contribution >= 0.6 is 15.9 Å². The van der Waals surface area contributed by atoms with E-state index < -0.39 is 11.7 Å². The third kappa shape index (κ3) is 2.35. The second kappa shape index (κ2) is 4.77. The van der Waals surface area contributed by atoms with Crippen molar-refractivity contribution in [3.63, 3.8) is 0 Å². The minimum atomic E-state index is -0.609. The number of halogens is 2. The summed E-state index contributed by atoms with van der Waals surface area (Å²) in [6.07, 6.45) is 1.41. The van der Waals surface area contributed by atoms with E-state index in [1.807, 2.05) is 0 Å². The number of carbonyl (C=O) groups excluding carboxylic acids is 1. The van der Waals surface area contributed by atoms with Crippen molar-refractivity contribution in [2.45, 2.75) is 0 Å². The SMILES string of the molecule is Cn1ncc(N)c1NC(=O)c1ccc(Br)cc1F. The smallest absolute Gasteiger partial charge is 0.259 e. The van der Waals surface area contributed by atoms with Gasteiger partial charge in [-0.3, -0.25) is 9.48 Å². The Morgan fingerprint density at radius 3 is 2.83 bits per heavy atom. The molecule has 0 bridgehead atoms. The van der Waals surface area contributed by atoms with Crippen molar-refractivity contribution in [1.82, 2.24) is 9.78 Å². The Morgan fingerprint density at radius 2 is 2.28 bits per heavy atom. The Morgan fingerprint density at radius 1 is 1.56 bits per heavy atom. The molecular formula is C11H10BrFN4O. The quantitative estimate of drug-likeness (QED) is 0.892. The van der Waals surface area contributed by atoms with Gasteiger partial charge in [0.15, 0.2) is 5.82 Å². The first-order valence-electron chi connectivity index (χ1n) is 5.03. The molecule has 1 aromatic carbocycles. The van der Waals surface area contributed by atoms with E-state index in [1.54, 1.807) is 13.1 Å². The van der Waals surface area contributed by atoms with Crippen LogP contribution in [0.4, 0.5) is 15.9 Å². The molecule has 7 heteroatoms. The summed E-state index contributed by atoms with van der Waals surface area (Å²) in [5.41, 5.74) is 5.90. The average Bonchev–Trinajstić information content (AvgIpc) is 2.60. The highest BCUT2D eigenvalue weighted by Gasteiger charge is 2.15. The van der Waals surface area contributed by atoms with Crippen molar-refractivity contribution in [2.75, 3.05) is 11.1 Å². The highest BCUT2D eigenvalue weighted by molar-refractivity contribution is 9.10. The Hall–Kier alpha value is -1.89. The number of hydrogen-bond acceptors (Lipinski definition) is 3. The maximum atomic E-state index is 13.6. The van der Waals surface area contributed by atoms with E-state index in [1.165, 1.54) is 23.0 Å². The molecule has 3 N–H and O–H groups in total. The molecular weight excluding hydrogens is 303 g/mol. The van der Waals surface area contributed by atoms with Gasteiger partial charge in [0, 0.05) is 11.5 Å². The molecule has 2 aromatic rings. The highest BCUT2D eigenvalue weighted by Crippen LogP contribution is 2.19. The standard InChI is InChI=1S/C11H10BrFN4O/c1-17-10(9(14)5-15-17)16-11(18)7-3-2-6(12)4-8(7)13/h2-5H,14H2,1H3,(H,16,18). The van der Waals surface area contributed by atoms with Crippen LogP contribution in [-0.2, 0) is 7.05 Å². The van der Waals surface area contributed by atoms with Gasteiger partial charge in [0.25, 0.3) is 5.91 Å². The van der Waals surface area contributed by atoms with Crippen molar-refractivity contribution >= 4 is 33.3 Å². The fraction of sp³-hybridized carbons (Fsp3) is 0.0909. The van der Waals surface area contributed by atoms with Gasteiger partial charge in [-0.25, -0.2) is 4.39 Å². The van der Waals surface area contributed by atoms with Crippen LogP contribution < -0.4 is 11.1 Å². The first-order chi connectivity index (χ1) is 8.49. The third-order valence-corrected chi connectivity index (χ3v) is 2.87. The molecule has 0 saturated heterocycles. The maximum absolute atomic E-state index is 13.6. The van der Waals surface area contributed by atoms with Crippen LogP contribution in [0.15, 0.2) is 28.9 Å². The zero-order valence-corrected chi connectivity index (χ0v) is 11.0. The first-order valence-corrected chi connectivity index (χ1v) is 5.82. The lowest BCUT2D eigenvalue weighted by Gasteiger charge is -2.07. The molecule has 1 aromatic heterocycles. The topological polar surface area (TPSA) is 72.9 Å². The minimum Gasteiger partial charge on any atom is -0.394 e. The zero-order chi connectivity index (χ0) is 13.3. The summed E-state index contributed by atoms with van der Waals surface area (Å²) in [4.78, 5) is 11.9. The van der Waals surface area contributed by atoms with Crippen LogP contribution in [0.3, 0.4) is 0 Å². The monoisotopic (exact) mass is 312 g/mol. The number of amides is 1. The van der Waals surface area contributed by atoms with Crippen molar-refractivity contribution in [3.8, 4) is 0 Å². The van der Waals surface area contributed by atoms with Gasteiger partial charge in [-0.05, 0) is 18.2 Å². The summed E-state index contributed by atoms with van der Waals surface area (Å²) in [6.45, 7) is 0. The molecule has 1 heterocycles. The molecule has 0 fully saturated rings. The second-order valence-corrected chi connectivity index (χ2v) is 4.57. The molecule has 2 rings (SSSR count). The van der Waals surface area contributed by atoms with E-state index >= 15 is 0 Å². The third-order valence-electron chi connectivity index (χ3n) is 2.37. The summed E-state index contributed by atoms with van der Waals surface area (Å²) >= 11 is 3.12. The number of aryl methyl sites for hydroxylation is 1. The van der Waals surface area contributed by atoms with Crippen molar-refractivity contribution < 1.29 is 9.18 Å². The number of nitrogens with one attached hydrogen (secondary N) is 1. The van der Waals surface area contributed by atoms with Crippen LogP contribution in [0.25, 0.3) is 0 Å². The van der Waals surface area contributed by atoms with Gasteiger partial charge >= 0.3 is 0 Å². The summed E-state index contributed by atoms with van der Waals surface area (Å²) < 4.78 is 15.6. The van der Waals surface area contributed by atoms with E-state index in [0.29, 0.717) is 16.0 Å². The molecule has 0 aliphatic heterocycles. The summed E-state index contributed by atoms with van der Waals surface area (Å²) in [5.74, 6) is -0.847. The van der Waals surface area contributed by atoms with Crippen LogP contribution in [0.1, 0.15) is 10.4 Å². The van der Waals surface area contributed by atoms with Crippen molar-refractivity contribution in [1.29, 1.82) is 0 Å². The zero-order valence-electron chi connectivity index (χ0n) is 9.45. The van der Waals surface area contributed by atoms with Gasteiger partial charge in [-0.15, -0.1) is 0 Å². The molecule has 0 saturated carbocycles. The predicted molar refractivity (Wildman–Crippen MR) is 69.7 cm³/mol. The lowest BCUT2D eigenvalue weighted by atomic mass is 10.2. The number of rotatable bonds is 2. The summed E-state index contributed by atoms with van der Waals surface area (Å²) in [6, 6.07) is 4.20. The van der Waals surface area contributed by atoms with Crippen LogP contribution in [0.5, 0.6) is 0 Å². The Labute approximate surface area is 111 Å². The van der Waals surface area contributed by atoms with E-state index in [0.717, 1.165) is 0 Å². The largest absolute Gasteiger partial charge is 0.394 e. The van der Waals surface area contributed by atoms with Crippen LogP contribution in [-0.4, -0.2) is 15.7 Å². The number of nitrogens with zero attached hydrogens (tertiary/aromatic N) is 2. The molecule has 0 radical (unpaired) electrons. The minimum absolute atomic E-state index is 0.0567. The van der Waals surface area contributed by atoms with Crippen molar-refractivity contribution in [3.05, 3.63) is 40.2 Å². The molecule has 0 spiro atoms. The lowest BCUT2D eigenvalue weighted by molar-refractivity contribution is 0.102. The molecule has 0 aliphatic carbocycles. The number of aromatic nitrogens is 2. The van der Waals surface area contributed by atoms with Gasteiger partial charge in [-0.1, -0.05) is 15.9 Å². The number of nitrogens with two attached hydrogens (primary N) is 1. The van der Waals surface area contributed by atoms with Crippen LogP contribution in [0.2, 0.25) is 0 Å². The molecule has 5 nitrogen and oxygen atoms in total. The predicted octanol–water partition coefficient (Wildman–Crippen LogP) is 2.16. The molecule has 0 unspecified atom stereocenters. The molecule has 0 atom stereocenters. The van der Waals surface area contributed by atoms with Gasteiger partial charge in [0.1, 0.15) is 5.82 Å². The van der Waals surface area contributed by atoms with Gasteiger partial charge < -0.3 is 11.1 Å². The normalized spacial score (nSPS) is 10.4. The fourth-order valence-electron chi connectivity index (χ4n) is 1.46. The second-order valence-electron chi connectivity index (χ2n) is 3.65. The fourth-order valence-corrected chi connectivity index (χ4v) is 1.79. The average molecular weight is 313 g/mol. The van der Waals surface area contributed by atoms with E-state index in [4.69, 9.17) is 5.73 Å². The highest BCUT2D eigenvalue weighted by atomic mass is 79.9. The molecule has 18 heavy (non-hydrogen) atoms. The maximum Gasteiger partial charge on any atom is 0.259 e. The summed E-state index contributed by atoms with van der Waals surface area (Å²) in [7, 11) is 1.63. The number of anilines is 2. The number of nitrogen functional groups attached to an aromatic ring is 1. The van der Waals surface area contributed by atoms with Gasteiger partial charge in [-0.2, -0.15) is 5.10 Å². The van der Waals surface area contributed by atoms with E-state index in [2.05, 4.69) is 26.3 Å². The van der Waals surface area contributed by atoms with Crippen LogP contribution in [0, 0.1) is 5.82 Å². The number of carbonyl (C=O) groups is 1. The molecule has 0 aliphatic rings. The first kappa shape index (κ1) is 12.6. The molecule has 94 valence electrons. The number of hydrogen-bond donors (Lipinski definition) is 2. The van der Waals surface area contributed by atoms with Crippen molar-refractivity contribution in [2.24, 2.45) is 7.05 Å². The van der Waals surface area contributed by atoms with E-state index in [9.17, 15) is 9.18 Å². The number of benzene rings is 1. The lowest BCUT2D eigenvalue weighted by Crippen LogP contribution is -2.17. The Balaban J connectivity index is 2.28. The van der Waals surface area contributed by atoms with Gasteiger partial charge in [0.2, 0.25) is 0 Å². The molecule has 1 amide bonds. The Kier molecular flexibility index (Phi) is 3.33. The summed E-state index contributed by atoms with van der Waals surface area (Å²) in [5, 5.41) is 6.39. The Bertz CT molecular complexity index is 592.